The van der Waals surface area contributed by atoms with Crippen LogP contribution >= 0.6 is 11.8 Å². The second-order valence-electron chi connectivity index (χ2n) is 6.18. The van der Waals surface area contributed by atoms with Gasteiger partial charge in [-0.1, -0.05) is 30.9 Å². The van der Waals surface area contributed by atoms with Crippen molar-refractivity contribution in [2.24, 2.45) is 0 Å². The van der Waals surface area contributed by atoms with Crippen molar-refractivity contribution in [3.63, 3.8) is 0 Å². The number of nitrogens with zero attached hydrogens (tertiary/aromatic N) is 2. The summed E-state index contributed by atoms with van der Waals surface area (Å²) in [6.07, 6.45) is 5.27. The maximum absolute atomic E-state index is 12.5. The number of rotatable bonds is 9. The molecule has 0 saturated heterocycles. The van der Waals surface area contributed by atoms with Gasteiger partial charge < -0.3 is 9.15 Å². The van der Waals surface area contributed by atoms with Crippen LogP contribution in [0.15, 0.2) is 57.8 Å². The van der Waals surface area contributed by atoms with Gasteiger partial charge in [-0.15, -0.1) is 16.9 Å². The van der Waals surface area contributed by atoms with Gasteiger partial charge >= 0.3 is 6.01 Å². The van der Waals surface area contributed by atoms with Crippen LogP contribution in [-0.2, 0) is 0 Å². The quantitative estimate of drug-likeness (QED) is 0.391. The molecule has 0 aliphatic carbocycles. The molecule has 0 atom stereocenters. The third kappa shape index (κ3) is 5.36. The van der Waals surface area contributed by atoms with Gasteiger partial charge in [0.25, 0.3) is 5.91 Å². The van der Waals surface area contributed by atoms with Gasteiger partial charge in [0.1, 0.15) is 5.75 Å². The molecular formula is C21H23N3O3S. The summed E-state index contributed by atoms with van der Waals surface area (Å²) >= 11 is 1.66. The minimum absolute atomic E-state index is 0.0585. The van der Waals surface area contributed by atoms with Crippen LogP contribution in [0, 0.1) is 0 Å². The van der Waals surface area contributed by atoms with Gasteiger partial charge in [0.15, 0.2) is 0 Å². The van der Waals surface area contributed by atoms with Crippen molar-refractivity contribution in [3.05, 3.63) is 54.1 Å². The van der Waals surface area contributed by atoms with Gasteiger partial charge in [-0.25, -0.2) is 0 Å². The molecule has 0 saturated carbocycles. The van der Waals surface area contributed by atoms with Crippen molar-refractivity contribution in [3.8, 4) is 17.2 Å². The number of anilines is 1. The van der Waals surface area contributed by atoms with E-state index < -0.39 is 0 Å². The van der Waals surface area contributed by atoms with Crippen molar-refractivity contribution in [2.45, 2.75) is 31.1 Å². The maximum atomic E-state index is 12.5. The number of unbranched alkanes of at least 4 members (excludes halogenated alkanes) is 2. The molecule has 0 aliphatic rings. The lowest BCUT2D eigenvalue weighted by molar-refractivity contribution is 0.102. The van der Waals surface area contributed by atoms with Crippen LogP contribution in [0.1, 0.15) is 36.5 Å². The summed E-state index contributed by atoms with van der Waals surface area (Å²) < 4.78 is 11.3. The number of aromatic nitrogens is 2. The fourth-order valence-corrected chi connectivity index (χ4v) is 2.97. The van der Waals surface area contributed by atoms with Crippen molar-refractivity contribution < 1.29 is 13.9 Å². The number of nitrogens with one attached hydrogen (secondary N) is 1. The smallest absolute Gasteiger partial charge is 0.322 e. The van der Waals surface area contributed by atoms with Gasteiger partial charge in [-0.3, -0.25) is 10.1 Å². The molecule has 0 fully saturated rings. The molecule has 0 bridgehead atoms. The predicted molar refractivity (Wildman–Crippen MR) is 111 cm³/mol. The Bertz CT molecular complexity index is 909. The van der Waals surface area contributed by atoms with E-state index in [4.69, 9.17) is 9.15 Å². The summed E-state index contributed by atoms with van der Waals surface area (Å²) in [5.74, 6) is 0.701. The molecule has 1 amide bonds. The third-order valence-electron chi connectivity index (χ3n) is 4.10. The minimum Gasteiger partial charge on any atom is -0.494 e. The van der Waals surface area contributed by atoms with Crippen molar-refractivity contribution in [1.82, 2.24) is 10.2 Å². The molecule has 7 heteroatoms. The fourth-order valence-electron chi connectivity index (χ4n) is 2.56. The lowest BCUT2D eigenvalue weighted by Crippen LogP contribution is -2.12. The van der Waals surface area contributed by atoms with E-state index in [1.54, 1.807) is 30.0 Å². The van der Waals surface area contributed by atoms with Crippen LogP contribution in [0.5, 0.6) is 5.75 Å². The summed E-state index contributed by atoms with van der Waals surface area (Å²) in [4.78, 5) is 13.6. The first-order valence-electron chi connectivity index (χ1n) is 9.21. The number of hydrogen-bond donors (Lipinski definition) is 1. The van der Waals surface area contributed by atoms with Gasteiger partial charge in [0.05, 0.1) is 6.61 Å². The molecule has 6 nitrogen and oxygen atoms in total. The Balaban J connectivity index is 1.62. The Morgan fingerprint density at radius 3 is 2.71 bits per heavy atom. The minimum atomic E-state index is -0.327. The Kier molecular flexibility index (Phi) is 7.08. The third-order valence-corrected chi connectivity index (χ3v) is 4.84. The average Bonchev–Trinajstić information content (AvgIpc) is 3.20. The Hall–Kier alpha value is -2.80. The van der Waals surface area contributed by atoms with Crippen LogP contribution in [-0.4, -0.2) is 29.0 Å². The number of carbonyl (C=O) groups is 1. The number of amides is 1. The van der Waals surface area contributed by atoms with E-state index in [9.17, 15) is 4.79 Å². The molecule has 3 aromatic rings. The van der Waals surface area contributed by atoms with E-state index in [1.807, 2.05) is 36.6 Å². The summed E-state index contributed by atoms with van der Waals surface area (Å²) in [6, 6.07) is 14.9. The highest BCUT2D eigenvalue weighted by Crippen LogP contribution is 2.23. The summed E-state index contributed by atoms with van der Waals surface area (Å²) in [5, 5.41) is 10.5. The zero-order valence-corrected chi connectivity index (χ0v) is 16.8. The van der Waals surface area contributed by atoms with Gasteiger partial charge in [0, 0.05) is 16.0 Å². The van der Waals surface area contributed by atoms with Crippen molar-refractivity contribution >= 4 is 23.7 Å². The van der Waals surface area contributed by atoms with E-state index in [-0.39, 0.29) is 11.9 Å². The van der Waals surface area contributed by atoms with Crippen molar-refractivity contribution in [2.75, 3.05) is 18.2 Å². The van der Waals surface area contributed by atoms with Gasteiger partial charge in [-0.2, -0.15) is 0 Å². The van der Waals surface area contributed by atoms with Crippen LogP contribution < -0.4 is 10.1 Å². The molecule has 0 radical (unpaired) electrons. The number of carbonyl (C=O) groups excluding carboxylic acids is 1. The monoisotopic (exact) mass is 397 g/mol. The first-order valence-corrected chi connectivity index (χ1v) is 10.4. The van der Waals surface area contributed by atoms with E-state index in [0.717, 1.165) is 29.7 Å². The van der Waals surface area contributed by atoms with Crippen LogP contribution in [0.4, 0.5) is 6.01 Å². The van der Waals surface area contributed by atoms with E-state index >= 15 is 0 Å². The first kappa shape index (κ1) is 19.9. The number of hydrogen-bond acceptors (Lipinski definition) is 6. The van der Waals surface area contributed by atoms with Gasteiger partial charge in [-0.05, 0) is 55.1 Å². The summed E-state index contributed by atoms with van der Waals surface area (Å²) in [6.45, 7) is 2.79. The Morgan fingerprint density at radius 2 is 1.96 bits per heavy atom. The molecular weight excluding hydrogens is 374 g/mol. The number of ether oxygens (including phenoxy) is 1. The lowest BCUT2D eigenvalue weighted by atomic mass is 10.2. The fraction of sp³-hybridized carbons (Fsp3) is 0.286. The van der Waals surface area contributed by atoms with E-state index in [2.05, 4.69) is 22.4 Å². The molecule has 28 heavy (non-hydrogen) atoms. The highest BCUT2D eigenvalue weighted by atomic mass is 32.2. The molecule has 146 valence electrons. The zero-order chi connectivity index (χ0) is 19.8. The standard InChI is InChI=1S/C21H23N3O3S/c1-3-4-5-13-26-17-8-6-7-16(14-17)19(25)22-21-24-23-20(27-21)15-9-11-18(28-2)12-10-15/h6-12,14H,3-5,13H2,1-2H3,(H,22,24,25). The number of benzene rings is 2. The molecule has 1 N–H and O–H groups in total. The van der Waals surface area contributed by atoms with Crippen molar-refractivity contribution in [1.29, 1.82) is 0 Å². The van der Waals surface area contributed by atoms with Crippen LogP contribution in [0.3, 0.4) is 0 Å². The molecule has 1 aromatic heterocycles. The Labute approximate surface area is 168 Å². The molecule has 2 aromatic carbocycles. The van der Waals surface area contributed by atoms with E-state index in [1.165, 1.54) is 0 Å². The average molecular weight is 398 g/mol. The Morgan fingerprint density at radius 1 is 1.14 bits per heavy atom. The zero-order valence-electron chi connectivity index (χ0n) is 16.0. The molecule has 0 unspecified atom stereocenters. The van der Waals surface area contributed by atoms with Crippen LogP contribution in [0.25, 0.3) is 11.5 Å². The topological polar surface area (TPSA) is 77.2 Å². The predicted octanol–water partition coefficient (Wildman–Crippen LogP) is 5.28. The maximum Gasteiger partial charge on any atom is 0.322 e. The number of thioether (sulfide) groups is 1. The summed E-state index contributed by atoms with van der Waals surface area (Å²) in [7, 11) is 0. The summed E-state index contributed by atoms with van der Waals surface area (Å²) in [5.41, 5.74) is 1.27. The molecule has 0 spiro atoms. The highest BCUT2D eigenvalue weighted by Gasteiger charge is 2.13. The second kappa shape index (κ2) is 9.94. The van der Waals surface area contributed by atoms with Crippen LogP contribution in [0.2, 0.25) is 0 Å². The first-order chi connectivity index (χ1) is 13.7. The van der Waals surface area contributed by atoms with Gasteiger partial charge in [0.2, 0.25) is 5.89 Å². The SMILES string of the molecule is CCCCCOc1cccc(C(=O)Nc2nnc(-c3ccc(SC)cc3)o2)c1. The highest BCUT2D eigenvalue weighted by molar-refractivity contribution is 7.98. The largest absolute Gasteiger partial charge is 0.494 e. The molecule has 0 aliphatic heterocycles. The normalized spacial score (nSPS) is 10.6. The molecule has 1 heterocycles. The lowest BCUT2D eigenvalue weighted by Gasteiger charge is -2.07. The second-order valence-corrected chi connectivity index (χ2v) is 7.06. The molecule has 3 rings (SSSR count). The van der Waals surface area contributed by atoms with E-state index in [0.29, 0.717) is 23.8 Å².